The SMILES string of the molecule is CCCOc1ccc(Cl)cc1NC(=O)/C=C/c1ccc(OCc2c(C)noc2C)c(OC)c1. The largest absolute Gasteiger partial charge is 0.493 e. The van der Waals surface area contributed by atoms with E-state index < -0.39 is 0 Å². The summed E-state index contributed by atoms with van der Waals surface area (Å²) in [5, 5.41) is 7.25. The molecule has 0 aliphatic carbocycles. The summed E-state index contributed by atoms with van der Waals surface area (Å²) in [5.74, 6) is 2.12. The zero-order valence-corrected chi connectivity index (χ0v) is 19.9. The van der Waals surface area contributed by atoms with Gasteiger partial charge in [0.2, 0.25) is 5.91 Å². The Bertz CT molecular complexity index is 1120. The van der Waals surface area contributed by atoms with E-state index in [2.05, 4.69) is 10.5 Å². The number of rotatable bonds is 10. The van der Waals surface area contributed by atoms with Crippen molar-refractivity contribution in [1.29, 1.82) is 0 Å². The van der Waals surface area contributed by atoms with Crippen molar-refractivity contribution in [2.45, 2.75) is 33.8 Å². The molecular weight excluding hydrogens is 444 g/mol. The van der Waals surface area contributed by atoms with Gasteiger partial charge in [0.15, 0.2) is 11.5 Å². The van der Waals surface area contributed by atoms with Crippen molar-refractivity contribution in [3.63, 3.8) is 0 Å². The summed E-state index contributed by atoms with van der Waals surface area (Å²) in [6.45, 7) is 6.59. The summed E-state index contributed by atoms with van der Waals surface area (Å²) in [6.07, 6.45) is 3.98. The first-order valence-corrected chi connectivity index (χ1v) is 10.9. The van der Waals surface area contributed by atoms with Gasteiger partial charge in [0, 0.05) is 11.1 Å². The molecule has 3 aromatic rings. The third-order valence-corrected chi connectivity index (χ3v) is 5.06. The highest BCUT2D eigenvalue weighted by atomic mass is 35.5. The van der Waals surface area contributed by atoms with Gasteiger partial charge in [0.05, 0.1) is 30.7 Å². The van der Waals surface area contributed by atoms with Crippen LogP contribution >= 0.6 is 11.6 Å². The predicted octanol–water partition coefficient (Wildman–Crippen LogP) is 5.97. The summed E-state index contributed by atoms with van der Waals surface area (Å²) in [4.78, 5) is 12.5. The van der Waals surface area contributed by atoms with Gasteiger partial charge in [-0.3, -0.25) is 4.79 Å². The Morgan fingerprint density at radius 3 is 2.61 bits per heavy atom. The van der Waals surface area contributed by atoms with Crippen LogP contribution in [0.3, 0.4) is 0 Å². The fourth-order valence-corrected chi connectivity index (χ4v) is 3.22. The van der Waals surface area contributed by atoms with Crippen molar-refractivity contribution in [2.24, 2.45) is 0 Å². The summed E-state index contributed by atoms with van der Waals surface area (Å²) in [5.41, 5.74) is 2.99. The Labute approximate surface area is 198 Å². The van der Waals surface area contributed by atoms with Gasteiger partial charge in [0.1, 0.15) is 18.1 Å². The van der Waals surface area contributed by atoms with Crippen LogP contribution in [0.4, 0.5) is 5.69 Å². The number of nitrogens with zero attached hydrogens (tertiary/aromatic N) is 1. The van der Waals surface area contributed by atoms with E-state index >= 15 is 0 Å². The van der Waals surface area contributed by atoms with Crippen molar-refractivity contribution in [3.05, 3.63) is 70.1 Å². The standard InChI is InChI=1S/C25H27ClN2O5/c1-5-12-31-22-10-8-19(26)14-21(22)27-25(29)11-7-18-6-9-23(24(13-18)30-4)32-15-20-16(2)28-33-17(20)3/h6-11,13-14H,5,12,15H2,1-4H3,(H,27,29)/b11-7+. The lowest BCUT2D eigenvalue weighted by atomic mass is 10.1. The molecule has 2 aromatic carbocycles. The second kappa shape index (κ2) is 11.4. The van der Waals surface area contributed by atoms with Crippen LogP contribution in [0.5, 0.6) is 17.2 Å². The maximum Gasteiger partial charge on any atom is 0.248 e. The van der Waals surface area contributed by atoms with Gasteiger partial charge in [-0.15, -0.1) is 0 Å². The van der Waals surface area contributed by atoms with E-state index in [0.29, 0.717) is 41.2 Å². The molecule has 33 heavy (non-hydrogen) atoms. The number of benzene rings is 2. The number of aryl methyl sites for hydroxylation is 2. The molecule has 1 amide bonds. The number of halogens is 1. The molecule has 0 bridgehead atoms. The van der Waals surface area contributed by atoms with Gasteiger partial charge < -0.3 is 24.1 Å². The number of amides is 1. The molecule has 0 saturated heterocycles. The zero-order chi connectivity index (χ0) is 23.8. The zero-order valence-electron chi connectivity index (χ0n) is 19.1. The number of methoxy groups -OCH3 is 1. The van der Waals surface area contributed by atoms with E-state index in [4.69, 9.17) is 30.3 Å². The van der Waals surface area contributed by atoms with E-state index in [-0.39, 0.29) is 5.91 Å². The monoisotopic (exact) mass is 470 g/mol. The van der Waals surface area contributed by atoms with Gasteiger partial charge >= 0.3 is 0 Å². The third kappa shape index (κ3) is 6.52. The topological polar surface area (TPSA) is 82.8 Å². The number of nitrogens with one attached hydrogen (secondary N) is 1. The molecule has 0 radical (unpaired) electrons. The highest BCUT2D eigenvalue weighted by Gasteiger charge is 2.12. The molecular formula is C25H27ClN2O5. The normalized spacial score (nSPS) is 10.9. The first-order valence-electron chi connectivity index (χ1n) is 10.5. The molecule has 0 aliphatic heterocycles. The third-order valence-electron chi connectivity index (χ3n) is 4.83. The second-order valence-corrected chi connectivity index (χ2v) is 7.75. The maximum atomic E-state index is 12.5. The number of anilines is 1. The number of carbonyl (C=O) groups excluding carboxylic acids is 1. The highest BCUT2D eigenvalue weighted by Crippen LogP contribution is 2.31. The van der Waals surface area contributed by atoms with Gasteiger partial charge in [0.25, 0.3) is 0 Å². The van der Waals surface area contributed by atoms with Crippen molar-refractivity contribution in [1.82, 2.24) is 5.16 Å². The fourth-order valence-electron chi connectivity index (χ4n) is 3.05. The molecule has 0 unspecified atom stereocenters. The minimum Gasteiger partial charge on any atom is -0.493 e. The second-order valence-electron chi connectivity index (χ2n) is 7.31. The van der Waals surface area contributed by atoms with Gasteiger partial charge in [-0.25, -0.2) is 0 Å². The summed E-state index contributed by atoms with van der Waals surface area (Å²) < 4.78 is 22.2. The molecule has 0 aliphatic rings. The number of aromatic nitrogens is 1. The Morgan fingerprint density at radius 2 is 1.91 bits per heavy atom. The van der Waals surface area contributed by atoms with Crippen LogP contribution in [0.25, 0.3) is 6.08 Å². The molecule has 1 N–H and O–H groups in total. The minimum absolute atomic E-state index is 0.309. The van der Waals surface area contributed by atoms with Crippen LogP contribution < -0.4 is 19.5 Å². The molecule has 3 rings (SSSR count). The molecule has 0 spiro atoms. The van der Waals surface area contributed by atoms with Crippen molar-refractivity contribution < 1.29 is 23.5 Å². The molecule has 0 atom stereocenters. The molecule has 174 valence electrons. The first-order chi connectivity index (χ1) is 15.9. The lowest BCUT2D eigenvalue weighted by Crippen LogP contribution is -2.09. The lowest BCUT2D eigenvalue weighted by Gasteiger charge is -2.12. The molecule has 7 nitrogen and oxygen atoms in total. The van der Waals surface area contributed by atoms with Gasteiger partial charge in [-0.1, -0.05) is 29.7 Å². The average Bonchev–Trinajstić information content (AvgIpc) is 3.13. The Balaban J connectivity index is 1.67. The summed E-state index contributed by atoms with van der Waals surface area (Å²) in [7, 11) is 1.56. The Hall–Kier alpha value is -3.45. The predicted molar refractivity (Wildman–Crippen MR) is 128 cm³/mol. The molecule has 8 heteroatoms. The lowest BCUT2D eigenvalue weighted by molar-refractivity contribution is -0.111. The Morgan fingerprint density at radius 1 is 1.12 bits per heavy atom. The van der Waals surface area contributed by atoms with E-state index in [1.165, 1.54) is 6.08 Å². The van der Waals surface area contributed by atoms with Crippen molar-refractivity contribution in [2.75, 3.05) is 19.0 Å². The van der Waals surface area contributed by atoms with Gasteiger partial charge in [-0.05, 0) is 62.2 Å². The van der Waals surface area contributed by atoms with Gasteiger partial charge in [-0.2, -0.15) is 0 Å². The van der Waals surface area contributed by atoms with E-state index in [1.807, 2.05) is 26.8 Å². The van der Waals surface area contributed by atoms with Crippen LogP contribution in [-0.4, -0.2) is 24.8 Å². The molecule has 1 aromatic heterocycles. The van der Waals surface area contributed by atoms with Crippen LogP contribution in [-0.2, 0) is 11.4 Å². The molecule has 0 saturated carbocycles. The molecule has 1 heterocycles. The maximum absolute atomic E-state index is 12.5. The average molecular weight is 471 g/mol. The number of carbonyl (C=O) groups is 1. The van der Waals surface area contributed by atoms with Crippen LogP contribution in [0.1, 0.15) is 35.9 Å². The van der Waals surface area contributed by atoms with Crippen LogP contribution in [0.2, 0.25) is 5.02 Å². The first kappa shape index (κ1) is 24.2. The molecule has 0 fully saturated rings. The number of hydrogen-bond acceptors (Lipinski definition) is 6. The number of ether oxygens (including phenoxy) is 3. The van der Waals surface area contributed by atoms with E-state index in [0.717, 1.165) is 29.0 Å². The summed E-state index contributed by atoms with van der Waals surface area (Å²) in [6, 6.07) is 10.5. The highest BCUT2D eigenvalue weighted by molar-refractivity contribution is 6.31. The number of hydrogen-bond donors (Lipinski definition) is 1. The minimum atomic E-state index is -0.309. The van der Waals surface area contributed by atoms with Crippen molar-refractivity contribution in [3.8, 4) is 17.2 Å². The fraction of sp³-hybridized carbons (Fsp3) is 0.280. The summed E-state index contributed by atoms with van der Waals surface area (Å²) >= 11 is 6.07. The smallest absolute Gasteiger partial charge is 0.248 e. The van der Waals surface area contributed by atoms with E-state index in [9.17, 15) is 4.79 Å². The van der Waals surface area contributed by atoms with Crippen LogP contribution in [0.15, 0.2) is 47.0 Å². The Kier molecular flexibility index (Phi) is 8.38. The van der Waals surface area contributed by atoms with Crippen molar-refractivity contribution >= 4 is 29.3 Å². The van der Waals surface area contributed by atoms with Crippen LogP contribution in [0, 0.1) is 13.8 Å². The van der Waals surface area contributed by atoms with E-state index in [1.54, 1.807) is 43.5 Å². The quantitative estimate of drug-likeness (QED) is 0.367.